The van der Waals surface area contributed by atoms with Gasteiger partial charge in [0.15, 0.2) is 0 Å². The summed E-state index contributed by atoms with van der Waals surface area (Å²) in [4.78, 5) is 13.1. The van der Waals surface area contributed by atoms with Crippen LogP contribution in [0.25, 0.3) is 0 Å². The van der Waals surface area contributed by atoms with E-state index in [1.165, 1.54) is 6.07 Å². The number of amides is 1. The van der Waals surface area contributed by atoms with Crippen LogP contribution in [-0.2, 0) is 14.9 Å². The molecule has 0 aliphatic heterocycles. The highest BCUT2D eigenvalue weighted by Gasteiger charge is 2.44. The Hall–Kier alpha value is -2.40. The summed E-state index contributed by atoms with van der Waals surface area (Å²) in [6.07, 6.45) is 3.18. The first kappa shape index (κ1) is 19.4. The molecule has 0 radical (unpaired) electrons. The third-order valence-electron chi connectivity index (χ3n) is 5.09. The first-order valence-corrected chi connectivity index (χ1v) is 9.53. The van der Waals surface area contributed by atoms with E-state index in [0.29, 0.717) is 43.9 Å². The molecule has 0 atom stereocenters. The molecule has 4 nitrogen and oxygen atoms in total. The Bertz CT molecular complexity index is 754. The Morgan fingerprint density at radius 1 is 1.07 bits per heavy atom. The highest BCUT2D eigenvalue weighted by atomic mass is 19.1. The molecule has 2 aromatic carbocycles. The molecule has 27 heavy (non-hydrogen) atoms. The first-order chi connectivity index (χ1) is 13.2. The van der Waals surface area contributed by atoms with Crippen molar-refractivity contribution in [3.8, 4) is 5.75 Å². The van der Waals surface area contributed by atoms with E-state index in [1.807, 2.05) is 19.1 Å². The minimum absolute atomic E-state index is 0.143. The molecule has 1 N–H and O–H groups in total. The number of ether oxygens (including phenoxy) is 2. The fraction of sp³-hybridized carbons (Fsp3) is 0.409. The average Bonchev–Trinajstić information content (AvgIpc) is 3.18. The lowest BCUT2D eigenvalue weighted by Crippen LogP contribution is -2.38. The van der Waals surface area contributed by atoms with Crippen LogP contribution in [0.15, 0.2) is 48.5 Å². The van der Waals surface area contributed by atoms with Crippen molar-refractivity contribution in [2.24, 2.45) is 0 Å². The van der Waals surface area contributed by atoms with E-state index < -0.39 is 5.41 Å². The third-order valence-corrected chi connectivity index (χ3v) is 5.09. The Morgan fingerprint density at radius 2 is 1.78 bits per heavy atom. The molecule has 144 valence electrons. The van der Waals surface area contributed by atoms with Crippen LogP contribution >= 0.6 is 0 Å². The van der Waals surface area contributed by atoms with Crippen LogP contribution in [0.5, 0.6) is 5.75 Å². The number of hydrogen-bond donors (Lipinski definition) is 1. The molecule has 5 heteroatoms. The van der Waals surface area contributed by atoms with Gasteiger partial charge < -0.3 is 14.8 Å². The van der Waals surface area contributed by atoms with Crippen molar-refractivity contribution in [2.45, 2.75) is 38.0 Å². The SMILES string of the molecule is CCOCCOc1ccc(NC(=O)C2(c3ccccc3F)CCCC2)cc1. The number of halogens is 1. The topological polar surface area (TPSA) is 47.6 Å². The molecule has 1 aliphatic carbocycles. The van der Waals surface area contributed by atoms with Gasteiger partial charge in [0.1, 0.15) is 18.2 Å². The number of nitrogens with one attached hydrogen (secondary N) is 1. The number of anilines is 1. The van der Waals surface area contributed by atoms with E-state index in [1.54, 1.807) is 30.3 Å². The van der Waals surface area contributed by atoms with Crippen LogP contribution in [0.4, 0.5) is 10.1 Å². The van der Waals surface area contributed by atoms with E-state index in [2.05, 4.69) is 5.32 Å². The van der Waals surface area contributed by atoms with Gasteiger partial charge in [-0.2, -0.15) is 0 Å². The standard InChI is InChI=1S/C22H26FNO3/c1-2-26-15-16-27-18-11-9-17(10-12-18)24-21(25)22(13-5-6-14-22)19-7-3-4-8-20(19)23/h3-4,7-12H,2,5-6,13-16H2,1H3,(H,24,25). The maximum absolute atomic E-state index is 14.4. The molecule has 0 spiro atoms. The molecule has 3 rings (SSSR count). The highest BCUT2D eigenvalue weighted by molar-refractivity contribution is 5.99. The van der Waals surface area contributed by atoms with Crippen molar-refractivity contribution in [1.82, 2.24) is 0 Å². The quantitative estimate of drug-likeness (QED) is 0.685. The molecule has 1 amide bonds. The number of benzene rings is 2. The van der Waals surface area contributed by atoms with Crippen LogP contribution in [0.1, 0.15) is 38.2 Å². The van der Waals surface area contributed by atoms with Gasteiger partial charge in [0.25, 0.3) is 0 Å². The van der Waals surface area contributed by atoms with Gasteiger partial charge in [0.05, 0.1) is 12.0 Å². The van der Waals surface area contributed by atoms with Gasteiger partial charge in [0.2, 0.25) is 5.91 Å². The molecule has 1 aliphatic rings. The van der Waals surface area contributed by atoms with Gasteiger partial charge in [-0.25, -0.2) is 4.39 Å². The molecule has 0 heterocycles. The highest BCUT2D eigenvalue weighted by Crippen LogP contribution is 2.43. The first-order valence-electron chi connectivity index (χ1n) is 9.53. The predicted octanol–water partition coefficient (Wildman–Crippen LogP) is 4.69. The summed E-state index contributed by atoms with van der Waals surface area (Å²) in [6.45, 7) is 3.63. The van der Waals surface area contributed by atoms with E-state index >= 15 is 0 Å². The lowest BCUT2D eigenvalue weighted by Gasteiger charge is -2.28. The predicted molar refractivity (Wildman–Crippen MR) is 104 cm³/mol. The molecule has 0 unspecified atom stereocenters. The minimum Gasteiger partial charge on any atom is -0.491 e. The second-order valence-electron chi connectivity index (χ2n) is 6.79. The van der Waals surface area contributed by atoms with Crippen molar-refractivity contribution >= 4 is 11.6 Å². The molecule has 1 fully saturated rings. The van der Waals surface area contributed by atoms with Gasteiger partial charge in [-0.05, 0) is 50.1 Å². The summed E-state index contributed by atoms with van der Waals surface area (Å²) < 4.78 is 25.2. The molecule has 0 bridgehead atoms. The van der Waals surface area contributed by atoms with Gasteiger partial charge in [-0.3, -0.25) is 4.79 Å². The zero-order valence-corrected chi connectivity index (χ0v) is 15.7. The molecular formula is C22H26FNO3. The molecule has 0 saturated heterocycles. The van der Waals surface area contributed by atoms with Crippen molar-refractivity contribution in [3.63, 3.8) is 0 Å². The number of carbonyl (C=O) groups excluding carboxylic acids is 1. The number of carbonyl (C=O) groups is 1. The summed E-state index contributed by atoms with van der Waals surface area (Å²) in [7, 11) is 0. The Balaban J connectivity index is 1.69. The van der Waals surface area contributed by atoms with Crippen molar-refractivity contribution in [1.29, 1.82) is 0 Å². The van der Waals surface area contributed by atoms with Crippen LogP contribution < -0.4 is 10.1 Å². The van der Waals surface area contributed by atoms with Crippen LogP contribution in [-0.4, -0.2) is 25.7 Å². The van der Waals surface area contributed by atoms with E-state index in [9.17, 15) is 9.18 Å². The summed E-state index contributed by atoms with van der Waals surface area (Å²) in [5, 5.41) is 2.97. The summed E-state index contributed by atoms with van der Waals surface area (Å²) in [6, 6.07) is 13.8. The van der Waals surface area contributed by atoms with E-state index in [0.717, 1.165) is 18.6 Å². The molecule has 1 saturated carbocycles. The summed E-state index contributed by atoms with van der Waals surface area (Å²) >= 11 is 0. The maximum atomic E-state index is 14.4. The van der Waals surface area contributed by atoms with Crippen molar-refractivity contribution in [2.75, 3.05) is 25.1 Å². The lowest BCUT2D eigenvalue weighted by atomic mass is 9.77. The fourth-order valence-electron chi connectivity index (χ4n) is 3.69. The minimum atomic E-state index is -0.794. The summed E-state index contributed by atoms with van der Waals surface area (Å²) in [5.41, 5.74) is 0.383. The van der Waals surface area contributed by atoms with Crippen LogP contribution in [0.2, 0.25) is 0 Å². The van der Waals surface area contributed by atoms with Crippen LogP contribution in [0, 0.1) is 5.82 Å². The zero-order chi connectivity index (χ0) is 19.1. The van der Waals surface area contributed by atoms with Crippen molar-refractivity contribution < 1.29 is 18.7 Å². The maximum Gasteiger partial charge on any atom is 0.235 e. The Kier molecular flexibility index (Phi) is 6.45. The Morgan fingerprint density at radius 3 is 2.44 bits per heavy atom. The van der Waals surface area contributed by atoms with E-state index in [-0.39, 0.29) is 11.7 Å². The van der Waals surface area contributed by atoms with Gasteiger partial charge in [-0.1, -0.05) is 31.0 Å². The molecular weight excluding hydrogens is 345 g/mol. The monoisotopic (exact) mass is 371 g/mol. The van der Waals surface area contributed by atoms with E-state index in [4.69, 9.17) is 9.47 Å². The summed E-state index contributed by atoms with van der Waals surface area (Å²) in [5.74, 6) is 0.264. The molecule has 2 aromatic rings. The normalized spacial score (nSPS) is 15.5. The smallest absolute Gasteiger partial charge is 0.235 e. The number of rotatable bonds is 8. The third kappa shape index (κ3) is 4.48. The zero-order valence-electron chi connectivity index (χ0n) is 15.7. The van der Waals surface area contributed by atoms with Crippen LogP contribution in [0.3, 0.4) is 0 Å². The average molecular weight is 371 g/mol. The second-order valence-corrected chi connectivity index (χ2v) is 6.79. The van der Waals surface area contributed by atoms with Gasteiger partial charge in [0, 0.05) is 17.9 Å². The second kappa shape index (κ2) is 9.00. The van der Waals surface area contributed by atoms with Gasteiger partial charge in [-0.15, -0.1) is 0 Å². The van der Waals surface area contributed by atoms with Crippen molar-refractivity contribution in [3.05, 3.63) is 59.9 Å². The fourth-order valence-corrected chi connectivity index (χ4v) is 3.69. The number of hydrogen-bond acceptors (Lipinski definition) is 3. The lowest BCUT2D eigenvalue weighted by molar-refractivity contribution is -0.121. The molecule has 0 aromatic heterocycles. The Labute approximate surface area is 159 Å². The van der Waals surface area contributed by atoms with Gasteiger partial charge >= 0.3 is 0 Å². The largest absolute Gasteiger partial charge is 0.491 e.